The summed E-state index contributed by atoms with van der Waals surface area (Å²) in [6.45, 7) is 2.88. The van der Waals surface area contributed by atoms with Gasteiger partial charge in [-0.2, -0.15) is 0 Å². The molecular weight excluding hydrogens is 246 g/mol. The molecule has 1 aliphatic rings. The summed E-state index contributed by atoms with van der Waals surface area (Å²) in [5.74, 6) is 1.61. The molecule has 1 aromatic carbocycles. The van der Waals surface area contributed by atoms with Gasteiger partial charge in [-0.05, 0) is 49.3 Å². The third kappa shape index (κ3) is 4.82. The van der Waals surface area contributed by atoms with Gasteiger partial charge in [0, 0.05) is 6.04 Å². The maximum atomic E-state index is 6.27. The summed E-state index contributed by atoms with van der Waals surface area (Å²) in [4.78, 5) is 0. The van der Waals surface area contributed by atoms with Crippen LogP contribution in [0.25, 0.3) is 0 Å². The summed E-state index contributed by atoms with van der Waals surface area (Å²) < 4.78 is 5.86. The van der Waals surface area contributed by atoms with Crippen molar-refractivity contribution in [3.05, 3.63) is 29.8 Å². The lowest BCUT2D eigenvalue weighted by Crippen LogP contribution is -2.37. The number of ether oxygens (including phenoxy) is 1. The number of nitrogens with two attached hydrogens (primary N) is 1. The van der Waals surface area contributed by atoms with Crippen molar-refractivity contribution in [2.24, 2.45) is 11.7 Å². The molecule has 2 heteroatoms. The summed E-state index contributed by atoms with van der Waals surface area (Å²) in [5.41, 5.74) is 7.67. The van der Waals surface area contributed by atoms with Crippen LogP contribution in [0.3, 0.4) is 0 Å². The Morgan fingerprint density at radius 3 is 2.50 bits per heavy atom. The summed E-state index contributed by atoms with van der Waals surface area (Å²) in [6.07, 6.45) is 10.3. The Hall–Kier alpha value is -1.02. The first-order valence-corrected chi connectivity index (χ1v) is 8.27. The lowest BCUT2D eigenvalue weighted by molar-refractivity contribution is 0.214. The number of hydrogen-bond acceptors (Lipinski definition) is 2. The Kier molecular flexibility index (Phi) is 6.38. The largest absolute Gasteiger partial charge is 0.492 e. The maximum absolute atomic E-state index is 6.27. The zero-order chi connectivity index (χ0) is 14.2. The van der Waals surface area contributed by atoms with Gasteiger partial charge < -0.3 is 10.5 Å². The number of aryl methyl sites for hydroxylation is 1. The van der Waals surface area contributed by atoms with Crippen LogP contribution in [0.15, 0.2) is 24.3 Å². The maximum Gasteiger partial charge on any atom is 0.119 e. The van der Waals surface area contributed by atoms with Crippen LogP contribution in [0.4, 0.5) is 0 Å². The van der Waals surface area contributed by atoms with Crippen molar-refractivity contribution >= 4 is 0 Å². The van der Waals surface area contributed by atoms with Crippen molar-refractivity contribution in [3.63, 3.8) is 0 Å². The van der Waals surface area contributed by atoms with E-state index < -0.39 is 0 Å². The second kappa shape index (κ2) is 8.31. The van der Waals surface area contributed by atoms with Gasteiger partial charge in [-0.25, -0.2) is 0 Å². The van der Waals surface area contributed by atoms with Crippen molar-refractivity contribution in [2.75, 3.05) is 6.61 Å². The lowest BCUT2D eigenvalue weighted by atomic mass is 9.84. The topological polar surface area (TPSA) is 35.2 Å². The molecule has 20 heavy (non-hydrogen) atoms. The number of unbranched alkanes of at least 4 members (excludes halogenated alkanes) is 1. The predicted molar refractivity (Wildman–Crippen MR) is 85.1 cm³/mol. The van der Waals surface area contributed by atoms with Gasteiger partial charge in [0.05, 0.1) is 0 Å². The van der Waals surface area contributed by atoms with E-state index >= 15 is 0 Å². The van der Waals surface area contributed by atoms with Crippen molar-refractivity contribution in [1.29, 1.82) is 0 Å². The Morgan fingerprint density at radius 1 is 1.15 bits per heavy atom. The molecule has 1 aliphatic carbocycles. The second-order valence-corrected chi connectivity index (χ2v) is 6.12. The normalized spacial score (nSPS) is 17.9. The van der Waals surface area contributed by atoms with Crippen LogP contribution in [0, 0.1) is 5.92 Å². The van der Waals surface area contributed by atoms with Crippen LogP contribution in [0.1, 0.15) is 57.4 Å². The Morgan fingerprint density at radius 2 is 1.85 bits per heavy atom. The molecule has 1 aromatic rings. The van der Waals surface area contributed by atoms with Crippen LogP contribution in [-0.2, 0) is 6.42 Å². The van der Waals surface area contributed by atoms with E-state index in [-0.39, 0.29) is 6.04 Å². The molecule has 0 saturated heterocycles. The van der Waals surface area contributed by atoms with Crippen molar-refractivity contribution in [2.45, 2.75) is 64.3 Å². The quantitative estimate of drug-likeness (QED) is 0.804. The SMILES string of the molecule is CCCCc1ccc(OCC(N)C2CCCCC2)cc1. The van der Waals surface area contributed by atoms with Crippen molar-refractivity contribution in [3.8, 4) is 5.75 Å². The summed E-state index contributed by atoms with van der Waals surface area (Å²) >= 11 is 0. The van der Waals surface area contributed by atoms with Gasteiger partial charge in [0.1, 0.15) is 12.4 Å². The Bertz CT molecular complexity index is 368. The van der Waals surface area contributed by atoms with Crippen LogP contribution >= 0.6 is 0 Å². The first-order valence-electron chi connectivity index (χ1n) is 8.27. The number of benzene rings is 1. The van der Waals surface area contributed by atoms with Crippen LogP contribution < -0.4 is 10.5 Å². The highest BCUT2D eigenvalue weighted by atomic mass is 16.5. The zero-order valence-corrected chi connectivity index (χ0v) is 12.8. The van der Waals surface area contributed by atoms with E-state index in [0.29, 0.717) is 12.5 Å². The standard InChI is InChI=1S/C18H29NO/c1-2-3-7-15-10-12-17(13-11-15)20-14-18(19)16-8-5-4-6-9-16/h10-13,16,18H,2-9,14,19H2,1H3. The smallest absolute Gasteiger partial charge is 0.119 e. The van der Waals surface area contributed by atoms with E-state index in [9.17, 15) is 0 Å². The van der Waals surface area contributed by atoms with Crippen LogP contribution in [0.2, 0.25) is 0 Å². The Labute approximate surface area is 123 Å². The molecule has 0 amide bonds. The van der Waals surface area contributed by atoms with E-state index in [1.54, 1.807) is 0 Å². The molecule has 0 heterocycles. The van der Waals surface area contributed by atoms with E-state index in [1.165, 1.54) is 56.9 Å². The molecule has 0 radical (unpaired) electrons. The zero-order valence-electron chi connectivity index (χ0n) is 12.8. The molecule has 112 valence electrons. The van der Waals surface area contributed by atoms with Crippen LogP contribution in [-0.4, -0.2) is 12.6 Å². The predicted octanol–water partition coefficient (Wildman–Crippen LogP) is 4.32. The third-order valence-corrected chi connectivity index (χ3v) is 4.44. The molecule has 0 aromatic heterocycles. The van der Waals surface area contributed by atoms with E-state index in [1.807, 2.05) is 0 Å². The molecule has 0 aliphatic heterocycles. The molecular formula is C18H29NO. The van der Waals surface area contributed by atoms with Gasteiger partial charge in [0.2, 0.25) is 0 Å². The summed E-state index contributed by atoms with van der Waals surface area (Å²) in [5, 5.41) is 0. The molecule has 1 atom stereocenters. The van der Waals surface area contributed by atoms with E-state index in [4.69, 9.17) is 10.5 Å². The molecule has 0 bridgehead atoms. The van der Waals surface area contributed by atoms with Gasteiger partial charge in [-0.15, -0.1) is 0 Å². The highest BCUT2D eigenvalue weighted by molar-refractivity contribution is 5.27. The molecule has 2 rings (SSSR count). The minimum atomic E-state index is 0.190. The van der Waals surface area contributed by atoms with E-state index in [2.05, 4.69) is 31.2 Å². The van der Waals surface area contributed by atoms with Gasteiger partial charge in [0.15, 0.2) is 0 Å². The molecule has 2 nitrogen and oxygen atoms in total. The average Bonchev–Trinajstić information content (AvgIpc) is 2.52. The summed E-state index contributed by atoms with van der Waals surface area (Å²) in [7, 11) is 0. The number of hydrogen-bond donors (Lipinski definition) is 1. The average molecular weight is 275 g/mol. The molecule has 1 fully saturated rings. The summed E-state index contributed by atoms with van der Waals surface area (Å²) in [6, 6.07) is 8.71. The molecule has 0 spiro atoms. The third-order valence-electron chi connectivity index (χ3n) is 4.44. The van der Waals surface area contributed by atoms with Crippen LogP contribution in [0.5, 0.6) is 5.75 Å². The van der Waals surface area contributed by atoms with Gasteiger partial charge in [0.25, 0.3) is 0 Å². The monoisotopic (exact) mass is 275 g/mol. The fourth-order valence-corrected chi connectivity index (χ4v) is 3.02. The van der Waals surface area contributed by atoms with Gasteiger partial charge in [-0.3, -0.25) is 0 Å². The first-order chi connectivity index (χ1) is 9.79. The first kappa shape index (κ1) is 15.4. The number of rotatable bonds is 7. The molecule has 1 saturated carbocycles. The minimum Gasteiger partial charge on any atom is -0.492 e. The van der Waals surface area contributed by atoms with Gasteiger partial charge in [-0.1, -0.05) is 44.7 Å². The fourth-order valence-electron chi connectivity index (χ4n) is 3.02. The highest BCUT2D eigenvalue weighted by Gasteiger charge is 2.20. The second-order valence-electron chi connectivity index (χ2n) is 6.12. The molecule has 1 unspecified atom stereocenters. The molecule has 2 N–H and O–H groups in total. The van der Waals surface area contributed by atoms with Gasteiger partial charge >= 0.3 is 0 Å². The minimum absolute atomic E-state index is 0.190. The van der Waals surface area contributed by atoms with E-state index in [0.717, 1.165) is 5.75 Å². The highest BCUT2D eigenvalue weighted by Crippen LogP contribution is 2.26. The lowest BCUT2D eigenvalue weighted by Gasteiger charge is -2.27. The Balaban J connectivity index is 1.75. The van der Waals surface area contributed by atoms with Crippen molar-refractivity contribution < 1.29 is 4.74 Å². The van der Waals surface area contributed by atoms with Crippen molar-refractivity contribution in [1.82, 2.24) is 0 Å². The fraction of sp³-hybridized carbons (Fsp3) is 0.667.